The minimum Gasteiger partial charge on any atom is -0.497 e. The van der Waals surface area contributed by atoms with E-state index in [1.807, 2.05) is 12.1 Å². The predicted molar refractivity (Wildman–Crippen MR) is 84.3 cm³/mol. The quantitative estimate of drug-likeness (QED) is 0.863. The molecule has 1 heterocycles. The number of benzene rings is 1. The van der Waals surface area contributed by atoms with Gasteiger partial charge in [-0.1, -0.05) is 18.6 Å². The zero-order valence-electron chi connectivity index (χ0n) is 13.1. The molecule has 0 bridgehead atoms. The van der Waals surface area contributed by atoms with Crippen LogP contribution in [0.25, 0.3) is 0 Å². The molecule has 1 saturated heterocycles. The van der Waals surface area contributed by atoms with E-state index in [0.29, 0.717) is 6.04 Å². The highest BCUT2D eigenvalue weighted by atomic mass is 16.5. The summed E-state index contributed by atoms with van der Waals surface area (Å²) in [5.41, 5.74) is 1.32. The number of ether oxygens (including phenoxy) is 1. The van der Waals surface area contributed by atoms with Crippen LogP contribution in [0.15, 0.2) is 24.3 Å². The zero-order chi connectivity index (χ0) is 14.4. The predicted octanol–water partition coefficient (Wildman–Crippen LogP) is 3.22. The van der Waals surface area contributed by atoms with Crippen molar-refractivity contribution in [2.45, 2.75) is 44.7 Å². The average molecular weight is 276 g/mol. The maximum Gasteiger partial charge on any atom is 0.118 e. The first-order valence-corrected chi connectivity index (χ1v) is 7.78. The summed E-state index contributed by atoms with van der Waals surface area (Å²) in [4.78, 5) is 2.52. The van der Waals surface area contributed by atoms with Gasteiger partial charge in [0.1, 0.15) is 5.75 Å². The molecule has 1 aromatic rings. The van der Waals surface area contributed by atoms with Gasteiger partial charge in [-0.05, 0) is 64.0 Å². The fourth-order valence-corrected chi connectivity index (χ4v) is 2.99. The molecule has 2 atom stereocenters. The van der Waals surface area contributed by atoms with Gasteiger partial charge in [0.05, 0.1) is 7.11 Å². The highest BCUT2D eigenvalue weighted by Crippen LogP contribution is 2.19. The third kappa shape index (κ3) is 4.22. The lowest BCUT2D eigenvalue weighted by Gasteiger charge is -2.32. The maximum atomic E-state index is 5.20. The molecule has 1 N–H and O–H groups in total. The van der Waals surface area contributed by atoms with Crippen molar-refractivity contribution >= 4 is 0 Å². The number of likely N-dealkylation sites (tertiary alicyclic amines) is 1. The first kappa shape index (κ1) is 15.3. The smallest absolute Gasteiger partial charge is 0.118 e. The summed E-state index contributed by atoms with van der Waals surface area (Å²) in [5.74, 6) is 0.921. The van der Waals surface area contributed by atoms with Crippen molar-refractivity contribution in [1.82, 2.24) is 10.2 Å². The minimum atomic E-state index is 0.398. The van der Waals surface area contributed by atoms with Gasteiger partial charge in [0, 0.05) is 12.1 Å². The summed E-state index contributed by atoms with van der Waals surface area (Å²) in [6.07, 6.45) is 5.36. The Labute approximate surface area is 123 Å². The Morgan fingerprint density at radius 2 is 2.05 bits per heavy atom. The third-order valence-electron chi connectivity index (χ3n) is 4.47. The van der Waals surface area contributed by atoms with Crippen LogP contribution in [-0.4, -0.2) is 38.2 Å². The second-order valence-electron chi connectivity index (χ2n) is 5.87. The van der Waals surface area contributed by atoms with E-state index >= 15 is 0 Å². The maximum absolute atomic E-state index is 5.20. The molecule has 0 aromatic heterocycles. The Morgan fingerprint density at radius 3 is 2.70 bits per heavy atom. The van der Waals surface area contributed by atoms with Gasteiger partial charge < -0.3 is 15.0 Å². The Hall–Kier alpha value is -1.06. The standard InChI is InChI=1S/C17H28N2O/c1-14(15-7-9-17(20-3)10-8-15)18-12-11-16-6-4-5-13-19(16)2/h7-10,14,16,18H,4-6,11-13H2,1-3H3. The van der Waals surface area contributed by atoms with Gasteiger partial charge in [-0.3, -0.25) is 0 Å². The largest absolute Gasteiger partial charge is 0.497 e. The molecule has 1 aliphatic heterocycles. The summed E-state index contributed by atoms with van der Waals surface area (Å²) < 4.78 is 5.20. The van der Waals surface area contributed by atoms with Crippen LogP contribution < -0.4 is 10.1 Å². The first-order chi connectivity index (χ1) is 9.70. The third-order valence-corrected chi connectivity index (χ3v) is 4.47. The van der Waals surface area contributed by atoms with Crippen LogP contribution >= 0.6 is 0 Å². The number of nitrogens with one attached hydrogen (secondary N) is 1. The molecule has 0 spiro atoms. The molecule has 2 rings (SSSR count). The van der Waals surface area contributed by atoms with E-state index in [1.54, 1.807) is 7.11 Å². The van der Waals surface area contributed by atoms with E-state index < -0.39 is 0 Å². The summed E-state index contributed by atoms with van der Waals surface area (Å²) >= 11 is 0. The van der Waals surface area contributed by atoms with Crippen molar-refractivity contribution in [2.24, 2.45) is 0 Å². The number of methoxy groups -OCH3 is 1. The molecule has 1 fully saturated rings. The molecular weight excluding hydrogens is 248 g/mol. The number of rotatable bonds is 6. The number of nitrogens with zero attached hydrogens (tertiary/aromatic N) is 1. The van der Waals surface area contributed by atoms with Crippen molar-refractivity contribution in [3.05, 3.63) is 29.8 Å². The second-order valence-corrected chi connectivity index (χ2v) is 5.87. The lowest BCUT2D eigenvalue weighted by atomic mass is 10.00. The highest BCUT2D eigenvalue weighted by molar-refractivity contribution is 5.28. The van der Waals surface area contributed by atoms with E-state index in [0.717, 1.165) is 18.3 Å². The second kappa shape index (κ2) is 7.65. The molecule has 0 amide bonds. The van der Waals surface area contributed by atoms with Crippen LogP contribution in [-0.2, 0) is 0 Å². The first-order valence-electron chi connectivity index (χ1n) is 7.78. The van der Waals surface area contributed by atoms with Gasteiger partial charge in [0.25, 0.3) is 0 Å². The lowest BCUT2D eigenvalue weighted by molar-refractivity contribution is 0.174. The van der Waals surface area contributed by atoms with Crippen LogP contribution in [0.2, 0.25) is 0 Å². The molecule has 0 aliphatic carbocycles. The molecule has 0 radical (unpaired) electrons. The van der Waals surface area contributed by atoms with E-state index in [-0.39, 0.29) is 0 Å². The highest BCUT2D eigenvalue weighted by Gasteiger charge is 2.18. The Kier molecular flexibility index (Phi) is 5.86. The zero-order valence-corrected chi connectivity index (χ0v) is 13.1. The van der Waals surface area contributed by atoms with Crippen molar-refractivity contribution in [1.29, 1.82) is 0 Å². The van der Waals surface area contributed by atoms with E-state index in [4.69, 9.17) is 4.74 Å². The number of hydrogen-bond acceptors (Lipinski definition) is 3. The summed E-state index contributed by atoms with van der Waals surface area (Å²) in [5, 5.41) is 3.64. The summed E-state index contributed by atoms with van der Waals surface area (Å²) in [6, 6.07) is 9.51. The van der Waals surface area contributed by atoms with Crippen LogP contribution in [0.4, 0.5) is 0 Å². The van der Waals surface area contributed by atoms with Gasteiger partial charge in [-0.2, -0.15) is 0 Å². The van der Waals surface area contributed by atoms with E-state index in [9.17, 15) is 0 Å². The minimum absolute atomic E-state index is 0.398. The Morgan fingerprint density at radius 1 is 1.30 bits per heavy atom. The van der Waals surface area contributed by atoms with Crippen molar-refractivity contribution in [2.75, 3.05) is 27.2 Å². The van der Waals surface area contributed by atoms with Crippen LogP contribution in [0, 0.1) is 0 Å². The van der Waals surface area contributed by atoms with Gasteiger partial charge in [0.2, 0.25) is 0 Å². The molecule has 1 aliphatic rings. The fraction of sp³-hybridized carbons (Fsp3) is 0.647. The molecule has 3 heteroatoms. The number of piperidine rings is 1. The molecule has 20 heavy (non-hydrogen) atoms. The monoisotopic (exact) mass is 276 g/mol. The molecular formula is C17H28N2O. The van der Waals surface area contributed by atoms with Gasteiger partial charge in [-0.15, -0.1) is 0 Å². The SMILES string of the molecule is COc1ccc(C(C)NCCC2CCCCN2C)cc1. The molecule has 112 valence electrons. The van der Waals surface area contributed by atoms with Gasteiger partial charge >= 0.3 is 0 Å². The Balaban J connectivity index is 1.75. The van der Waals surface area contributed by atoms with Crippen molar-refractivity contribution in [3.63, 3.8) is 0 Å². The van der Waals surface area contributed by atoms with Crippen molar-refractivity contribution < 1.29 is 4.74 Å². The van der Waals surface area contributed by atoms with Crippen LogP contribution in [0.5, 0.6) is 5.75 Å². The normalized spacial score (nSPS) is 21.6. The molecule has 0 saturated carbocycles. The Bertz CT molecular complexity index is 390. The van der Waals surface area contributed by atoms with Crippen LogP contribution in [0.3, 0.4) is 0 Å². The topological polar surface area (TPSA) is 24.5 Å². The lowest BCUT2D eigenvalue weighted by Crippen LogP contribution is -2.38. The fourth-order valence-electron chi connectivity index (χ4n) is 2.99. The summed E-state index contributed by atoms with van der Waals surface area (Å²) in [6.45, 7) is 4.58. The van der Waals surface area contributed by atoms with E-state index in [2.05, 4.69) is 36.3 Å². The molecule has 1 aromatic carbocycles. The van der Waals surface area contributed by atoms with Gasteiger partial charge in [-0.25, -0.2) is 0 Å². The summed E-state index contributed by atoms with van der Waals surface area (Å²) in [7, 11) is 3.97. The van der Waals surface area contributed by atoms with Gasteiger partial charge in [0.15, 0.2) is 0 Å². The van der Waals surface area contributed by atoms with Crippen LogP contribution in [0.1, 0.15) is 44.2 Å². The number of hydrogen-bond donors (Lipinski definition) is 1. The van der Waals surface area contributed by atoms with E-state index in [1.165, 1.54) is 37.8 Å². The molecule has 2 unspecified atom stereocenters. The van der Waals surface area contributed by atoms with Crippen molar-refractivity contribution in [3.8, 4) is 5.75 Å². The molecule has 3 nitrogen and oxygen atoms in total. The average Bonchev–Trinajstić information content (AvgIpc) is 2.49.